The molecular formula is C23H26N2O4S. The molecule has 1 amide bonds. The van der Waals surface area contributed by atoms with Gasteiger partial charge in [0.05, 0.1) is 4.90 Å². The van der Waals surface area contributed by atoms with Crippen molar-refractivity contribution in [3.63, 3.8) is 0 Å². The molecule has 3 aromatic rings. The van der Waals surface area contributed by atoms with Crippen LogP contribution >= 0.6 is 0 Å². The van der Waals surface area contributed by atoms with E-state index in [1.807, 2.05) is 54.6 Å². The van der Waals surface area contributed by atoms with Crippen molar-refractivity contribution in [3.8, 4) is 0 Å². The molecule has 0 aromatic heterocycles. The van der Waals surface area contributed by atoms with E-state index in [9.17, 15) is 18.4 Å². The number of sulfonamides is 1. The van der Waals surface area contributed by atoms with Gasteiger partial charge < -0.3 is 0 Å². The van der Waals surface area contributed by atoms with Gasteiger partial charge in [0, 0.05) is 6.54 Å². The Kier molecular flexibility index (Phi) is 6.87. The van der Waals surface area contributed by atoms with Gasteiger partial charge in [0.1, 0.15) is 6.04 Å². The van der Waals surface area contributed by atoms with E-state index in [1.54, 1.807) is 37.5 Å². The molecule has 0 saturated carbocycles. The van der Waals surface area contributed by atoms with Crippen LogP contribution in [0.1, 0.15) is 19.4 Å². The van der Waals surface area contributed by atoms with E-state index >= 15 is 0 Å². The molecule has 1 atom stereocenters. The van der Waals surface area contributed by atoms with E-state index in [0.717, 1.165) is 16.3 Å². The van der Waals surface area contributed by atoms with Crippen molar-refractivity contribution < 1.29 is 18.4 Å². The second kappa shape index (κ2) is 9.38. The summed E-state index contributed by atoms with van der Waals surface area (Å²) in [6.07, 6.45) is 0.440. The highest BCUT2D eigenvalue weighted by atomic mass is 32.2. The van der Waals surface area contributed by atoms with Crippen LogP contribution in [0.15, 0.2) is 77.7 Å². The number of rotatable bonds is 8. The van der Waals surface area contributed by atoms with Gasteiger partial charge in [-0.05, 0) is 40.8 Å². The van der Waals surface area contributed by atoms with Crippen molar-refractivity contribution in [2.75, 3.05) is 6.54 Å². The minimum absolute atomic E-state index is 0.107. The topological polar surface area (TPSA) is 86.7 Å². The monoisotopic (exact) mass is 426 g/mol. The first-order chi connectivity index (χ1) is 14.3. The third kappa shape index (κ3) is 4.70. The van der Waals surface area contributed by atoms with Crippen LogP contribution in [0.2, 0.25) is 0 Å². The first-order valence-electron chi connectivity index (χ1n) is 9.83. The number of hydrogen-bond acceptors (Lipinski definition) is 4. The minimum atomic E-state index is -4.00. The van der Waals surface area contributed by atoms with Crippen molar-refractivity contribution in [1.29, 1.82) is 0 Å². The van der Waals surface area contributed by atoms with Crippen LogP contribution in [0.5, 0.6) is 0 Å². The van der Waals surface area contributed by atoms with Gasteiger partial charge in [0.25, 0.3) is 5.91 Å². The quantitative estimate of drug-likeness (QED) is 0.426. The number of nitrogens with zero attached hydrogens (tertiary/aromatic N) is 1. The summed E-state index contributed by atoms with van der Waals surface area (Å²) in [6.45, 7) is 3.62. The lowest BCUT2D eigenvalue weighted by Gasteiger charge is -2.32. The SMILES string of the molecule is CC(C)[C@H](C(=O)NO)N(CCc1ccccc1)S(=O)(=O)c1ccc2ccccc2c1. The summed E-state index contributed by atoms with van der Waals surface area (Å²) in [5, 5.41) is 11.0. The normalized spacial score (nSPS) is 13.0. The molecule has 0 bridgehead atoms. The number of hydroxylamine groups is 1. The third-order valence-electron chi connectivity index (χ3n) is 5.11. The van der Waals surface area contributed by atoms with Gasteiger partial charge in [-0.25, -0.2) is 13.9 Å². The van der Waals surface area contributed by atoms with Crippen molar-refractivity contribution in [3.05, 3.63) is 78.4 Å². The van der Waals surface area contributed by atoms with Gasteiger partial charge in [-0.15, -0.1) is 0 Å². The molecule has 0 aliphatic heterocycles. The maximum atomic E-state index is 13.6. The second-order valence-electron chi connectivity index (χ2n) is 7.53. The van der Waals surface area contributed by atoms with Crippen LogP contribution in [0.4, 0.5) is 0 Å². The molecule has 3 aromatic carbocycles. The zero-order valence-electron chi connectivity index (χ0n) is 17.0. The van der Waals surface area contributed by atoms with Crippen molar-refractivity contribution in [1.82, 2.24) is 9.79 Å². The van der Waals surface area contributed by atoms with E-state index in [1.165, 1.54) is 4.31 Å². The summed E-state index contributed by atoms with van der Waals surface area (Å²) in [5.74, 6) is -1.09. The summed E-state index contributed by atoms with van der Waals surface area (Å²) < 4.78 is 28.5. The molecule has 0 saturated heterocycles. The molecule has 0 fully saturated rings. The predicted octanol–water partition coefficient (Wildman–Crippen LogP) is 3.60. The Morgan fingerprint density at radius 2 is 1.60 bits per heavy atom. The third-order valence-corrected chi connectivity index (χ3v) is 6.99. The molecule has 2 N–H and O–H groups in total. The zero-order valence-corrected chi connectivity index (χ0v) is 17.8. The lowest BCUT2D eigenvalue weighted by atomic mass is 10.0. The summed E-state index contributed by atoms with van der Waals surface area (Å²) in [6, 6.07) is 20.9. The molecule has 30 heavy (non-hydrogen) atoms. The van der Waals surface area contributed by atoms with Gasteiger partial charge in [-0.3, -0.25) is 10.0 Å². The van der Waals surface area contributed by atoms with Crippen molar-refractivity contribution >= 4 is 26.7 Å². The Bertz CT molecular complexity index is 1110. The van der Waals surface area contributed by atoms with Gasteiger partial charge in [-0.1, -0.05) is 74.5 Å². The Hall–Kier alpha value is -2.74. The number of nitrogens with one attached hydrogen (secondary N) is 1. The van der Waals surface area contributed by atoms with E-state index in [0.29, 0.717) is 6.42 Å². The van der Waals surface area contributed by atoms with Gasteiger partial charge in [-0.2, -0.15) is 4.31 Å². The van der Waals surface area contributed by atoms with Crippen LogP contribution in [-0.4, -0.2) is 36.4 Å². The summed E-state index contributed by atoms with van der Waals surface area (Å²) in [7, 11) is -4.00. The molecular weight excluding hydrogens is 400 g/mol. The number of carbonyl (C=O) groups is 1. The zero-order chi connectivity index (χ0) is 21.7. The smallest absolute Gasteiger partial charge is 0.262 e. The minimum Gasteiger partial charge on any atom is -0.289 e. The standard InChI is InChI=1S/C23H26N2O4S/c1-17(2)22(23(26)24-27)25(15-14-18-8-4-3-5-9-18)30(28,29)21-13-12-19-10-6-7-11-20(19)16-21/h3-13,16-17,22,27H,14-15H2,1-2H3,(H,24,26)/t22-/m1/s1. The molecule has 7 heteroatoms. The van der Waals surface area contributed by atoms with E-state index in [2.05, 4.69) is 0 Å². The van der Waals surface area contributed by atoms with Crippen LogP contribution < -0.4 is 5.48 Å². The molecule has 158 valence electrons. The molecule has 0 unspecified atom stereocenters. The fourth-order valence-electron chi connectivity index (χ4n) is 3.59. The maximum absolute atomic E-state index is 13.6. The Labute approximate surface area is 177 Å². The number of carbonyl (C=O) groups excluding carboxylic acids is 1. The molecule has 3 rings (SSSR count). The lowest BCUT2D eigenvalue weighted by molar-refractivity contribution is -0.134. The van der Waals surface area contributed by atoms with Gasteiger partial charge in [0.15, 0.2) is 0 Å². The van der Waals surface area contributed by atoms with Gasteiger partial charge >= 0.3 is 0 Å². The fraction of sp³-hybridized carbons (Fsp3) is 0.261. The highest BCUT2D eigenvalue weighted by Crippen LogP contribution is 2.26. The summed E-state index contributed by atoms with van der Waals surface area (Å²) >= 11 is 0. The first-order valence-corrected chi connectivity index (χ1v) is 11.3. The maximum Gasteiger partial charge on any atom is 0.262 e. The average Bonchev–Trinajstić information content (AvgIpc) is 2.76. The summed E-state index contributed by atoms with van der Waals surface area (Å²) in [5.41, 5.74) is 2.59. The highest BCUT2D eigenvalue weighted by molar-refractivity contribution is 7.89. The van der Waals surface area contributed by atoms with Crippen LogP contribution in [0.3, 0.4) is 0 Å². The Morgan fingerprint density at radius 3 is 2.23 bits per heavy atom. The molecule has 0 radical (unpaired) electrons. The summed E-state index contributed by atoms with van der Waals surface area (Å²) in [4.78, 5) is 12.5. The average molecular weight is 427 g/mol. The van der Waals surface area contributed by atoms with Crippen LogP contribution in [0, 0.1) is 5.92 Å². The van der Waals surface area contributed by atoms with Crippen LogP contribution in [-0.2, 0) is 21.2 Å². The lowest BCUT2D eigenvalue weighted by Crippen LogP contribution is -2.52. The molecule has 0 aliphatic carbocycles. The van der Waals surface area contributed by atoms with E-state index in [-0.39, 0.29) is 17.4 Å². The molecule has 0 heterocycles. The van der Waals surface area contributed by atoms with E-state index < -0.39 is 22.0 Å². The number of fused-ring (bicyclic) bond motifs is 1. The number of hydrogen-bond donors (Lipinski definition) is 2. The van der Waals surface area contributed by atoms with Crippen LogP contribution in [0.25, 0.3) is 10.8 Å². The van der Waals surface area contributed by atoms with E-state index in [4.69, 9.17) is 0 Å². The van der Waals surface area contributed by atoms with Gasteiger partial charge in [0.2, 0.25) is 10.0 Å². The largest absolute Gasteiger partial charge is 0.289 e. The molecule has 0 aliphatic rings. The molecule has 6 nitrogen and oxygen atoms in total. The molecule has 0 spiro atoms. The first kappa shape index (κ1) is 22.0. The highest BCUT2D eigenvalue weighted by Gasteiger charge is 2.37. The Morgan fingerprint density at radius 1 is 0.967 bits per heavy atom. The second-order valence-corrected chi connectivity index (χ2v) is 9.42. The number of amides is 1. The van der Waals surface area contributed by atoms with Crippen molar-refractivity contribution in [2.45, 2.75) is 31.2 Å². The fourth-order valence-corrected chi connectivity index (χ4v) is 5.34. The van der Waals surface area contributed by atoms with Crippen molar-refractivity contribution in [2.24, 2.45) is 5.92 Å². The predicted molar refractivity (Wildman–Crippen MR) is 117 cm³/mol. The Balaban J connectivity index is 2.04. The number of benzene rings is 3.